The molecule has 3 rings (SSSR count). The Morgan fingerprint density at radius 1 is 0.771 bits per heavy atom. The summed E-state index contributed by atoms with van der Waals surface area (Å²) in [5, 5.41) is 0. The second-order valence-corrected chi connectivity index (χ2v) is 9.61. The van der Waals surface area contributed by atoms with Crippen molar-refractivity contribution >= 4 is 0 Å². The van der Waals surface area contributed by atoms with Gasteiger partial charge in [0.05, 0.1) is 6.61 Å². The molecule has 2 aromatic rings. The van der Waals surface area contributed by atoms with Gasteiger partial charge in [0.25, 0.3) is 0 Å². The standard InChI is InChI=1S/C30H38F4O/c1-3-5-6-7-11-23-17-19-25(29(33)27(23)31)22-15-13-21(14-16-22)10-8-9-12-24-18-20-26(35-4-2)30(34)28(24)32/h8,10,17-22H,3-7,9,11-16H2,1-2H3/b10-8+. The molecule has 1 saturated carbocycles. The Morgan fingerprint density at radius 3 is 2.17 bits per heavy atom. The van der Waals surface area contributed by atoms with Gasteiger partial charge >= 0.3 is 0 Å². The molecule has 0 N–H and O–H groups in total. The number of rotatable bonds is 12. The summed E-state index contributed by atoms with van der Waals surface area (Å²) in [6.07, 6.45) is 13.4. The first-order valence-corrected chi connectivity index (χ1v) is 13.2. The molecule has 1 aliphatic rings. The summed E-state index contributed by atoms with van der Waals surface area (Å²) in [6, 6.07) is 6.61. The van der Waals surface area contributed by atoms with Gasteiger partial charge in [0, 0.05) is 0 Å². The number of allylic oxidation sites excluding steroid dienone is 2. The van der Waals surface area contributed by atoms with Crippen LogP contribution in [-0.2, 0) is 12.8 Å². The number of hydrogen-bond acceptors (Lipinski definition) is 1. The van der Waals surface area contributed by atoms with Gasteiger partial charge in [0.1, 0.15) is 0 Å². The van der Waals surface area contributed by atoms with E-state index in [2.05, 4.69) is 13.0 Å². The Hall–Kier alpha value is -2.30. The third-order valence-electron chi connectivity index (χ3n) is 7.12. The second-order valence-electron chi connectivity index (χ2n) is 9.61. The van der Waals surface area contributed by atoms with E-state index in [0.29, 0.717) is 41.9 Å². The van der Waals surface area contributed by atoms with Crippen LogP contribution in [0.3, 0.4) is 0 Å². The predicted octanol–water partition coefficient (Wildman–Crippen LogP) is 9.23. The zero-order valence-corrected chi connectivity index (χ0v) is 21.0. The molecule has 5 heteroatoms. The minimum absolute atomic E-state index is 0.0456. The lowest BCUT2D eigenvalue weighted by molar-refractivity contribution is 0.313. The van der Waals surface area contributed by atoms with E-state index in [1.54, 1.807) is 25.1 Å². The highest BCUT2D eigenvalue weighted by molar-refractivity contribution is 5.32. The van der Waals surface area contributed by atoms with E-state index in [4.69, 9.17) is 4.74 Å². The van der Waals surface area contributed by atoms with Crippen molar-refractivity contribution in [1.82, 2.24) is 0 Å². The molecule has 0 radical (unpaired) electrons. The lowest BCUT2D eigenvalue weighted by Crippen LogP contribution is -2.14. The molecule has 0 aliphatic heterocycles. The van der Waals surface area contributed by atoms with Gasteiger partial charge in [-0.1, -0.05) is 56.5 Å². The van der Waals surface area contributed by atoms with Crippen molar-refractivity contribution in [3.63, 3.8) is 0 Å². The number of ether oxygens (including phenoxy) is 1. The summed E-state index contributed by atoms with van der Waals surface area (Å²) in [5.41, 5.74) is 1.34. The van der Waals surface area contributed by atoms with E-state index in [-0.39, 0.29) is 18.3 Å². The van der Waals surface area contributed by atoms with Gasteiger partial charge in [-0.25, -0.2) is 13.2 Å². The van der Waals surface area contributed by atoms with Crippen molar-refractivity contribution in [3.8, 4) is 5.75 Å². The third kappa shape index (κ3) is 7.35. The second kappa shape index (κ2) is 13.7. The van der Waals surface area contributed by atoms with Crippen LogP contribution in [-0.4, -0.2) is 6.61 Å². The van der Waals surface area contributed by atoms with Crippen LogP contribution in [0, 0.1) is 29.2 Å². The van der Waals surface area contributed by atoms with E-state index in [9.17, 15) is 17.6 Å². The average molecular weight is 491 g/mol. The van der Waals surface area contributed by atoms with Crippen LogP contribution in [0.25, 0.3) is 0 Å². The van der Waals surface area contributed by atoms with E-state index < -0.39 is 23.3 Å². The molecule has 0 unspecified atom stereocenters. The number of benzene rings is 2. The molecular formula is C30H38F4O. The topological polar surface area (TPSA) is 9.23 Å². The molecule has 0 heterocycles. The largest absolute Gasteiger partial charge is 0.491 e. The lowest BCUT2D eigenvalue weighted by atomic mass is 9.78. The number of unbranched alkanes of at least 4 members (excludes halogenated alkanes) is 3. The van der Waals surface area contributed by atoms with Crippen LogP contribution in [0.1, 0.15) is 94.2 Å². The molecule has 1 aliphatic carbocycles. The quantitative estimate of drug-likeness (QED) is 0.164. The van der Waals surface area contributed by atoms with E-state index in [0.717, 1.165) is 51.4 Å². The molecule has 0 saturated heterocycles. The molecule has 192 valence electrons. The van der Waals surface area contributed by atoms with Crippen molar-refractivity contribution < 1.29 is 22.3 Å². The molecule has 0 amide bonds. The first kappa shape index (κ1) is 27.3. The van der Waals surface area contributed by atoms with Crippen molar-refractivity contribution in [3.05, 3.63) is 76.4 Å². The zero-order valence-electron chi connectivity index (χ0n) is 21.0. The van der Waals surface area contributed by atoms with E-state index in [1.807, 2.05) is 6.08 Å². The van der Waals surface area contributed by atoms with Gasteiger partial charge in [-0.15, -0.1) is 0 Å². The summed E-state index contributed by atoms with van der Waals surface area (Å²) < 4.78 is 62.7. The van der Waals surface area contributed by atoms with Gasteiger partial charge in [-0.2, -0.15) is 4.39 Å². The third-order valence-corrected chi connectivity index (χ3v) is 7.12. The van der Waals surface area contributed by atoms with E-state index >= 15 is 0 Å². The summed E-state index contributed by atoms with van der Waals surface area (Å²) in [7, 11) is 0. The van der Waals surface area contributed by atoms with Crippen molar-refractivity contribution in [2.45, 2.75) is 90.4 Å². The molecule has 0 bridgehead atoms. The number of hydrogen-bond donors (Lipinski definition) is 0. The summed E-state index contributed by atoms with van der Waals surface area (Å²) in [5.74, 6) is -2.74. The van der Waals surface area contributed by atoms with Gasteiger partial charge < -0.3 is 4.74 Å². The van der Waals surface area contributed by atoms with Crippen molar-refractivity contribution in [2.24, 2.45) is 5.92 Å². The molecule has 1 fully saturated rings. The SMILES string of the molecule is CCCCCCc1ccc(C2CCC(/C=C/CCc3ccc(OCC)c(F)c3F)CC2)c(F)c1F. The Morgan fingerprint density at radius 2 is 1.46 bits per heavy atom. The van der Waals surface area contributed by atoms with Crippen molar-refractivity contribution in [2.75, 3.05) is 6.61 Å². The number of aryl methyl sites for hydroxylation is 2. The smallest absolute Gasteiger partial charge is 0.200 e. The normalized spacial score (nSPS) is 18.3. The fourth-order valence-corrected chi connectivity index (χ4v) is 5.04. The minimum atomic E-state index is -0.931. The van der Waals surface area contributed by atoms with Crippen LogP contribution in [0.5, 0.6) is 5.75 Å². The van der Waals surface area contributed by atoms with Crippen LogP contribution >= 0.6 is 0 Å². The van der Waals surface area contributed by atoms with Crippen LogP contribution < -0.4 is 4.74 Å². The first-order valence-electron chi connectivity index (χ1n) is 13.2. The molecule has 2 aromatic carbocycles. The minimum Gasteiger partial charge on any atom is -0.491 e. The van der Waals surface area contributed by atoms with E-state index in [1.165, 1.54) is 6.07 Å². The number of halogens is 4. The molecule has 0 atom stereocenters. The predicted molar refractivity (Wildman–Crippen MR) is 134 cm³/mol. The zero-order chi connectivity index (χ0) is 25.2. The van der Waals surface area contributed by atoms with Gasteiger partial charge in [-0.05, 0) is 92.9 Å². The molecule has 0 aromatic heterocycles. The lowest BCUT2D eigenvalue weighted by Gasteiger charge is -2.27. The fraction of sp³-hybridized carbons (Fsp3) is 0.533. The summed E-state index contributed by atoms with van der Waals surface area (Å²) >= 11 is 0. The van der Waals surface area contributed by atoms with Crippen LogP contribution in [0.4, 0.5) is 17.6 Å². The highest BCUT2D eigenvalue weighted by Crippen LogP contribution is 2.38. The summed E-state index contributed by atoms with van der Waals surface area (Å²) in [6.45, 7) is 4.14. The van der Waals surface area contributed by atoms with Crippen LogP contribution in [0.2, 0.25) is 0 Å². The van der Waals surface area contributed by atoms with Gasteiger partial charge in [0.2, 0.25) is 5.82 Å². The maximum atomic E-state index is 14.8. The van der Waals surface area contributed by atoms with Gasteiger partial charge in [-0.3, -0.25) is 0 Å². The first-order chi connectivity index (χ1) is 17.0. The molecular weight excluding hydrogens is 452 g/mol. The highest BCUT2D eigenvalue weighted by atomic mass is 19.2. The highest BCUT2D eigenvalue weighted by Gasteiger charge is 2.25. The Labute approximate surface area is 207 Å². The van der Waals surface area contributed by atoms with Crippen LogP contribution in [0.15, 0.2) is 36.4 Å². The molecule has 0 spiro atoms. The Balaban J connectivity index is 1.48. The maximum Gasteiger partial charge on any atom is 0.200 e. The molecule has 35 heavy (non-hydrogen) atoms. The average Bonchev–Trinajstić information content (AvgIpc) is 2.87. The Kier molecular flexibility index (Phi) is 10.7. The Bertz CT molecular complexity index is 977. The van der Waals surface area contributed by atoms with Gasteiger partial charge in [0.15, 0.2) is 23.2 Å². The van der Waals surface area contributed by atoms with Crippen molar-refractivity contribution in [1.29, 1.82) is 0 Å². The fourth-order valence-electron chi connectivity index (χ4n) is 5.04. The maximum absolute atomic E-state index is 14.8. The molecule has 1 nitrogen and oxygen atoms in total. The monoisotopic (exact) mass is 490 g/mol. The summed E-state index contributed by atoms with van der Waals surface area (Å²) in [4.78, 5) is 0.